The van der Waals surface area contributed by atoms with Crippen LogP contribution in [0.3, 0.4) is 0 Å². The fraction of sp³-hybridized carbons (Fsp3) is 0.368. The number of aliphatic hydroxyl groups is 1. The van der Waals surface area contributed by atoms with Gasteiger partial charge in [0.2, 0.25) is 0 Å². The van der Waals surface area contributed by atoms with Crippen LogP contribution in [0.25, 0.3) is 0 Å². The predicted molar refractivity (Wildman–Crippen MR) is 91.2 cm³/mol. The maximum atomic E-state index is 9.17. The molecule has 3 heteroatoms. The highest BCUT2D eigenvalue weighted by Crippen LogP contribution is 2.35. The standard InChI is InChI=1S/C19H22ClNO/c20-16-9-10-17-15(13-16)8-11-19(17)21-18(7-4-12-22)14-5-2-1-3-6-14/h1-3,5-6,9-10,13,18-19,21-22H,4,7-8,11-12H2. The molecule has 22 heavy (non-hydrogen) atoms. The zero-order valence-corrected chi connectivity index (χ0v) is 13.4. The van der Waals surface area contributed by atoms with Crippen molar-refractivity contribution in [3.8, 4) is 0 Å². The van der Waals surface area contributed by atoms with Gasteiger partial charge in [0.15, 0.2) is 0 Å². The molecule has 0 aliphatic heterocycles. The van der Waals surface area contributed by atoms with Crippen molar-refractivity contribution < 1.29 is 5.11 Å². The highest BCUT2D eigenvalue weighted by molar-refractivity contribution is 6.30. The number of fused-ring (bicyclic) bond motifs is 1. The zero-order valence-electron chi connectivity index (χ0n) is 12.6. The second-order valence-corrected chi connectivity index (χ2v) is 6.37. The number of aliphatic hydroxyl groups excluding tert-OH is 1. The molecule has 2 N–H and O–H groups in total. The molecule has 0 spiro atoms. The Bertz CT molecular complexity index is 614. The fourth-order valence-electron chi connectivity index (χ4n) is 3.33. The van der Waals surface area contributed by atoms with E-state index in [2.05, 4.69) is 41.7 Å². The molecule has 3 rings (SSSR count). The minimum atomic E-state index is 0.238. The lowest BCUT2D eigenvalue weighted by molar-refractivity contribution is 0.271. The molecule has 0 radical (unpaired) electrons. The lowest BCUT2D eigenvalue weighted by atomic mass is 9.99. The van der Waals surface area contributed by atoms with E-state index in [0.29, 0.717) is 6.04 Å². The second kappa shape index (κ2) is 7.28. The van der Waals surface area contributed by atoms with Gasteiger partial charge in [0.05, 0.1) is 0 Å². The van der Waals surface area contributed by atoms with E-state index in [9.17, 15) is 0 Å². The van der Waals surface area contributed by atoms with Crippen molar-refractivity contribution >= 4 is 11.6 Å². The molecule has 116 valence electrons. The third-order valence-corrected chi connectivity index (χ3v) is 4.67. The third kappa shape index (κ3) is 3.52. The van der Waals surface area contributed by atoms with Gasteiger partial charge in [-0.25, -0.2) is 0 Å². The summed E-state index contributed by atoms with van der Waals surface area (Å²) in [7, 11) is 0. The zero-order chi connectivity index (χ0) is 15.4. The van der Waals surface area contributed by atoms with Crippen molar-refractivity contribution in [3.63, 3.8) is 0 Å². The van der Waals surface area contributed by atoms with Gasteiger partial charge in [0.25, 0.3) is 0 Å². The highest BCUT2D eigenvalue weighted by atomic mass is 35.5. The van der Waals surface area contributed by atoms with E-state index in [4.69, 9.17) is 16.7 Å². The van der Waals surface area contributed by atoms with Crippen molar-refractivity contribution in [3.05, 3.63) is 70.2 Å². The number of hydrogen-bond donors (Lipinski definition) is 2. The molecule has 2 aromatic rings. The van der Waals surface area contributed by atoms with Gasteiger partial charge in [-0.3, -0.25) is 0 Å². The third-order valence-electron chi connectivity index (χ3n) is 4.44. The summed E-state index contributed by atoms with van der Waals surface area (Å²) >= 11 is 6.09. The summed E-state index contributed by atoms with van der Waals surface area (Å²) in [4.78, 5) is 0. The Hall–Kier alpha value is -1.35. The van der Waals surface area contributed by atoms with Crippen LogP contribution in [-0.4, -0.2) is 11.7 Å². The number of rotatable bonds is 6. The molecule has 2 aromatic carbocycles. The van der Waals surface area contributed by atoms with Crippen molar-refractivity contribution in [1.29, 1.82) is 0 Å². The maximum absolute atomic E-state index is 9.17. The Kier molecular flexibility index (Phi) is 5.14. The molecule has 0 aromatic heterocycles. The number of benzene rings is 2. The quantitative estimate of drug-likeness (QED) is 0.826. The van der Waals surface area contributed by atoms with Gasteiger partial charge in [-0.1, -0.05) is 48.0 Å². The van der Waals surface area contributed by atoms with Crippen LogP contribution in [0.5, 0.6) is 0 Å². The van der Waals surface area contributed by atoms with Crippen LogP contribution in [0, 0.1) is 0 Å². The molecule has 0 saturated heterocycles. The molecule has 1 aliphatic rings. The van der Waals surface area contributed by atoms with Gasteiger partial charge in [0, 0.05) is 23.7 Å². The van der Waals surface area contributed by atoms with E-state index < -0.39 is 0 Å². The molecule has 0 amide bonds. The summed E-state index contributed by atoms with van der Waals surface area (Å²) < 4.78 is 0. The first-order valence-electron chi connectivity index (χ1n) is 7.98. The summed E-state index contributed by atoms with van der Waals surface area (Å²) in [6.45, 7) is 0.238. The topological polar surface area (TPSA) is 32.3 Å². The molecular weight excluding hydrogens is 294 g/mol. The fourth-order valence-corrected chi connectivity index (χ4v) is 3.52. The largest absolute Gasteiger partial charge is 0.396 e. The van der Waals surface area contributed by atoms with Gasteiger partial charge in [0.1, 0.15) is 0 Å². The molecule has 0 saturated carbocycles. The highest BCUT2D eigenvalue weighted by Gasteiger charge is 2.25. The minimum absolute atomic E-state index is 0.238. The Morgan fingerprint density at radius 3 is 2.77 bits per heavy atom. The number of nitrogens with one attached hydrogen (secondary N) is 1. The molecule has 2 unspecified atom stereocenters. The van der Waals surface area contributed by atoms with Gasteiger partial charge < -0.3 is 10.4 Å². The Balaban J connectivity index is 1.77. The molecule has 2 nitrogen and oxygen atoms in total. The maximum Gasteiger partial charge on any atom is 0.0431 e. The summed E-state index contributed by atoms with van der Waals surface area (Å²) in [5.74, 6) is 0. The van der Waals surface area contributed by atoms with Crippen LogP contribution < -0.4 is 5.32 Å². The number of aryl methyl sites for hydroxylation is 1. The van der Waals surface area contributed by atoms with Gasteiger partial charge in [-0.15, -0.1) is 0 Å². The average molecular weight is 316 g/mol. The smallest absolute Gasteiger partial charge is 0.0431 e. The van der Waals surface area contributed by atoms with E-state index in [1.807, 2.05) is 12.1 Å². The van der Waals surface area contributed by atoms with Crippen LogP contribution in [0.4, 0.5) is 0 Å². The summed E-state index contributed by atoms with van der Waals surface area (Å²) in [5.41, 5.74) is 4.02. The summed E-state index contributed by atoms with van der Waals surface area (Å²) in [6.07, 6.45) is 3.94. The van der Waals surface area contributed by atoms with Crippen LogP contribution in [0.2, 0.25) is 5.02 Å². The molecule has 0 heterocycles. The molecule has 1 aliphatic carbocycles. The van der Waals surface area contributed by atoms with E-state index in [0.717, 1.165) is 30.7 Å². The molecular formula is C19H22ClNO. The van der Waals surface area contributed by atoms with E-state index in [1.165, 1.54) is 16.7 Å². The van der Waals surface area contributed by atoms with Crippen LogP contribution >= 0.6 is 11.6 Å². The van der Waals surface area contributed by atoms with Crippen molar-refractivity contribution in [1.82, 2.24) is 5.32 Å². The lowest BCUT2D eigenvalue weighted by Gasteiger charge is -2.24. The minimum Gasteiger partial charge on any atom is -0.396 e. The first-order chi connectivity index (χ1) is 10.8. The Morgan fingerprint density at radius 2 is 2.00 bits per heavy atom. The van der Waals surface area contributed by atoms with Crippen molar-refractivity contribution in [2.45, 2.75) is 37.8 Å². The lowest BCUT2D eigenvalue weighted by Crippen LogP contribution is -2.25. The second-order valence-electron chi connectivity index (χ2n) is 5.93. The van der Waals surface area contributed by atoms with Gasteiger partial charge in [-0.2, -0.15) is 0 Å². The first-order valence-corrected chi connectivity index (χ1v) is 8.36. The Morgan fingerprint density at radius 1 is 1.18 bits per heavy atom. The van der Waals surface area contributed by atoms with Crippen LogP contribution in [0.1, 0.15) is 48.0 Å². The van der Waals surface area contributed by atoms with E-state index in [1.54, 1.807) is 0 Å². The molecule has 0 bridgehead atoms. The van der Waals surface area contributed by atoms with Gasteiger partial charge in [-0.05, 0) is 54.5 Å². The Labute approximate surface area is 137 Å². The molecule has 2 atom stereocenters. The molecule has 0 fully saturated rings. The number of halogens is 1. The number of hydrogen-bond acceptors (Lipinski definition) is 2. The normalized spacial score (nSPS) is 18.2. The monoisotopic (exact) mass is 315 g/mol. The predicted octanol–water partition coefficient (Wildman–Crippen LogP) is 4.43. The van der Waals surface area contributed by atoms with Crippen molar-refractivity contribution in [2.75, 3.05) is 6.61 Å². The first kappa shape index (κ1) is 15.5. The summed E-state index contributed by atoms with van der Waals surface area (Å²) in [5, 5.41) is 13.8. The van der Waals surface area contributed by atoms with E-state index >= 15 is 0 Å². The SMILES string of the molecule is OCCCC(NC1CCc2cc(Cl)ccc21)c1ccccc1. The van der Waals surface area contributed by atoms with Gasteiger partial charge >= 0.3 is 0 Å². The average Bonchev–Trinajstić information content (AvgIpc) is 2.94. The van der Waals surface area contributed by atoms with Crippen molar-refractivity contribution in [2.24, 2.45) is 0 Å². The summed E-state index contributed by atoms with van der Waals surface area (Å²) in [6, 6.07) is 17.4. The van der Waals surface area contributed by atoms with E-state index in [-0.39, 0.29) is 12.6 Å². The van der Waals surface area contributed by atoms with Crippen LogP contribution in [0.15, 0.2) is 48.5 Å². The van der Waals surface area contributed by atoms with Crippen LogP contribution in [-0.2, 0) is 6.42 Å².